The standard InChI is InChI=1S/C13H14BrNOS/c1-9(15)12-7-10(14)4-5-13(12)16-8-11-3-2-6-17-11/h2-7,9H,8,15H2,1H3/t9-/m1/s1. The van der Waals surface area contributed by atoms with Crippen LogP contribution in [0.5, 0.6) is 5.75 Å². The molecule has 0 spiro atoms. The van der Waals surface area contributed by atoms with Crippen molar-refractivity contribution in [3.05, 3.63) is 50.6 Å². The largest absolute Gasteiger partial charge is 0.488 e. The first-order valence-electron chi connectivity index (χ1n) is 5.37. The van der Waals surface area contributed by atoms with Gasteiger partial charge in [0.05, 0.1) is 0 Å². The van der Waals surface area contributed by atoms with Gasteiger partial charge in [0.15, 0.2) is 0 Å². The molecule has 1 heterocycles. The van der Waals surface area contributed by atoms with Gasteiger partial charge in [-0.3, -0.25) is 0 Å². The Bertz CT molecular complexity index is 482. The number of nitrogens with two attached hydrogens (primary N) is 1. The molecule has 2 rings (SSSR count). The molecule has 0 aliphatic carbocycles. The SMILES string of the molecule is C[C@@H](N)c1cc(Br)ccc1OCc1cccs1. The van der Waals surface area contributed by atoms with Gasteiger partial charge in [-0.05, 0) is 36.6 Å². The highest BCUT2D eigenvalue weighted by atomic mass is 79.9. The third-order valence-electron chi connectivity index (χ3n) is 2.41. The molecule has 0 aliphatic heterocycles. The van der Waals surface area contributed by atoms with Crippen molar-refractivity contribution in [3.8, 4) is 5.75 Å². The van der Waals surface area contributed by atoms with Crippen LogP contribution in [-0.4, -0.2) is 0 Å². The van der Waals surface area contributed by atoms with Gasteiger partial charge >= 0.3 is 0 Å². The molecule has 0 bridgehead atoms. The second-order valence-electron chi connectivity index (χ2n) is 3.84. The van der Waals surface area contributed by atoms with E-state index in [1.807, 2.05) is 36.6 Å². The van der Waals surface area contributed by atoms with Crippen molar-refractivity contribution in [2.24, 2.45) is 5.73 Å². The monoisotopic (exact) mass is 311 g/mol. The fourth-order valence-corrected chi connectivity index (χ4v) is 2.55. The number of halogens is 1. The van der Waals surface area contributed by atoms with Crippen molar-refractivity contribution >= 4 is 27.3 Å². The van der Waals surface area contributed by atoms with Crippen LogP contribution < -0.4 is 10.5 Å². The van der Waals surface area contributed by atoms with Crippen molar-refractivity contribution in [2.75, 3.05) is 0 Å². The Balaban J connectivity index is 2.14. The minimum atomic E-state index is -0.0363. The molecule has 0 amide bonds. The van der Waals surface area contributed by atoms with Crippen molar-refractivity contribution in [2.45, 2.75) is 19.6 Å². The van der Waals surface area contributed by atoms with Gasteiger partial charge in [-0.15, -0.1) is 11.3 Å². The smallest absolute Gasteiger partial charge is 0.124 e. The molecule has 0 unspecified atom stereocenters. The average Bonchev–Trinajstić information content (AvgIpc) is 2.80. The van der Waals surface area contributed by atoms with Gasteiger partial charge in [0.25, 0.3) is 0 Å². The molecule has 4 heteroatoms. The molecular formula is C13H14BrNOS. The van der Waals surface area contributed by atoms with Gasteiger partial charge in [-0.2, -0.15) is 0 Å². The van der Waals surface area contributed by atoms with Crippen molar-refractivity contribution in [3.63, 3.8) is 0 Å². The number of hydrogen-bond acceptors (Lipinski definition) is 3. The van der Waals surface area contributed by atoms with Gasteiger partial charge in [0, 0.05) is 21.0 Å². The average molecular weight is 312 g/mol. The van der Waals surface area contributed by atoms with Crippen LogP contribution in [0.2, 0.25) is 0 Å². The van der Waals surface area contributed by atoms with Crippen LogP contribution in [0.25, 0.3) is 0 Å². The Labute approximate surface area is 114 Å². The van der Waals surface area contributed by atoms with Crippen LogP contribution in [0.15, 0.2) is 40.2 Å². The summed E-state index contributed by atoms with van der Waals surface area (Å²) in [5, 5.41) is 2.05. The van der Waals surface area contributed by atoms with Gasteiger partial charge in [0.2, 0.25) is 0 Å². The van der Waals surface area contributed by atoms with E-state index in [-0.39, 0.29) is 6.04 Å². The van der Waals surface area contributed by atoms with Crippen molar-refractivity contribution in [1.29, 1.82) is 0 Å². The fourth-order valence-electron chi connectivity index (χ4n) is 1.55. The zero-order valence-corrected chi connectivity index (χ0v) is 11.9. The molecular weight excluding hydrogens is 298 g/mol. The minimum Gasteiger partial charge on any atom is -0.488 e. The first-order chi connectivity index (χ1) is 8.16. The molecule has 1 atom stereocenters. The molecule has 2 nitrogen and oxygen atoms in total. The van der Waals surface area contributed by atoms with E-state index in [0.717, 1.165) is 15.8 Å². The summed E-state index contributed by atoms with van der Waals surface area (Å²) >= 11 is 5.14. The summed E-state index contributed by atoms with van der Waals surface area (Å²) in [6, 6.07) is 9.98. The first kappa shape index (κ1) is 12.6. The Morgan fingerprint density at radius 1 is 1.41 bits per heavy atom. The minimum absolute atomic E-state index is 0.0363. The number of thiophene rings is 1. The Morgan fingerprint density at radius 2 is 2.24 bits per heavy atom. The summed E-state index contributed by atoms with van der Waals surface area (Å²) in [4.78, 5) is 1.21. The lowest BCUT2D eigenvalue weighted by atomic mass is 10.1. The fraction of sp³-hybridized carbons (Fsp3) is 0.231. The molecule has 0 saturated carbocycles. The second kappa shape index (κ2) is 5.67. The summed E-state index contributed by atoms with van der Waals surface area (Å²) in [5.41, 5.74) is 6.96. The summed E-state index contributed by atoms with van der Waals surface area (Å²) in [6.07, 6.45) is 0. The van der Waals surface area contributed by atoms with Gasteiger partial charge in [-0.1, -0.05) is 22.0 Å². The Kier molecular flexibility index (Phi) is 4.20. The van der Waals surface area contributed by atoms with Crippen LogP contribution in [0.1, 0.15) is 23.4 Å². The highest BCUT2D eigenvalue weighted by molar-refractivity contribution is 9.10. The number of rotatable bonds is 4. The van der Waals surface area contributed by atoms with Crippen LogP contribution in [0.3, 0.4) is 0 Å². The third kappa shape index (κ3) is 3.31. The summed E-state index contributed by atoms with van der Waals surface area (Å²) < 4.78 is 6.83. The molecule has 90 valence electrons. The zero-order valence-electron chi connectivity index (χ0n) is 9.52. The van der Waals surface area contributed by atoms with Crippen molar-refractivity contribution < 1.29 is 4.74 Å². The molecule has 0 saturated heterocycles. The van der Waals surface area contributed by atoms with Crippen LogP contribution in [0.4, 0.5) is 0 Å². The molecule has 1 aromatic carbocycles. The van der Waals surface area contributed by atoms with E-state index in [0.29, 0.717) is 6.61 Å². The van der Waals surface area contributed by atoms with E-state index in [2.05, 4.69) is 22.0 Å². The first-order valence-corrected chi connectivity index (χ1v) is 7.04. The Morgan fingerprint density at radius 3 is 2.88 bits per heavy atom. The van der Waals surface area contributed by atoms with Crippen LogP contribution in [-0.2, 0) is 6.61 Å². The number of benzene rings is 1. The normalized spacial score (nSPS) is 12.4. The van der Waals surface area contributed by atoms with Crippen molar-refractivity contribution in [1.82, 2.24) is 0 Å². The van der Waals surface area contributed by atoms with E-state index >= 15 is 0 Å². The maximum atomic E-state index is 5.93. The van der Waals surface area contributed by atoms with E-state index < -0.39 is 0 Å². The predicted octanol–water partition coefficient (Wildman–Crippen LogP) is 4.11. The van der Waals surface area contributed by atoms with Crippen LogP contribution >= 0.6 is 27.3 Å². The van der Waals surface area contributed by atoms with Crippen LogP contribution in [0, 0.1) is 0 Å². The number of hydrogen-bond donors (Lipinski definition) is 1. The highest BCUT2D eigenvalue weighted by Crippen LogP contribution is 2.28. The van der Waals surface area contributed by atoms with E-state index in [4.69, 9.17) is 10.5 Å². The van der Waals surface area contributed by atoms with E-state index in [9.17, 15) is 0 Å². The topological polar surface area (TPSA) is 35.2 Å². The van der Waals surface area contributed by atoms with Gasteiger partial charge < -0.3 is 10.5 Å². The zero-order chi connectivity index (χ0) is 12.3. The lowest BCUT2D eigenvalue weighted by Gasteiger charge is -2.14. The third-order valence-corrected chi connectivity index (χ3v) is 3.76. The lowest BCUT2D eigenvalue weighted by Crippen LogP contribution is -2.08. The molecule has 0 aliphatic rings. The summed E-state index contributed by atoms with van der Waals surface area (Å²) in [6.45, 7) is 2.55. The maximum absolute atomic E-state index is 5.93. The molecule has 17 heavy (non-hydrogen) atoms. The second-order valence-corrected chi connectivity index (χ2v) is 5.79. The van der Waals surface area contributed by atoms with E-state index in [1.165, 1.54) is 4.88 Å². The summed E-state index contributed by atoms with van der Waals surface area (Å²) in [5.74, 6) is 0.858. The maximum Gasteiger partial charge on any atom is 0.124 e. The summed E-state index contributed by atoms with van der Waals surface area (Å²) in [7, 11) is 0. The van der Waals surface area contributed by atoms with Gasteiger partial charge in [0.1, 0.15) is 12.4 Å². The molecule has 0 fully saturated rings. The molecule has 2 N–H and O–H groups in total. The highest BCUT2D eigenvalue weighted by Gasteiger charge is 2.09. The lowest BCUT2D eigenvalue weighted by molar-refractivity contribution is 0.305. The predicted molar refractivity (Wildman–Crippen MR) is 75.4 cm³/mol. The van der Waals surface area contributed by atoms with Gasteiger partial charge in [-0.25, -0.2) is 0 Å². The molecule has 1 aromatic heterocycles. The molecule has 2 aromatic rings. The molecule has 0 radical (unpaired) electrons. The Hall–Kier alpha value is -0.840. The van der Waals surface area contributed by atoms with E-state index in [1.54, 1.807) is 11.3 Å². The quantitative estimate of drug-likeness (QED) is 0.922. The number of ether oxygens (including phenoxy) is 1.